The number of benzene rings is 2. The minimum absolute atomic E-state index is 0.0197. The van der Waals surface area contributed by atoms with Crippen LogP contribution in [0.2, 0.25) is 0 Å². The molecule has 2 aromatic carbocycles. The van der Waals surface area contributed by atoms with Crippen molar-refractivity contribution in [3.63, 3.8) is 0 Å². The predicted octanol–water partition coefficient (Wildman–Crippen LogP) is 4.65. The maximum absolute atomic E-state index is 12.4. The van der Waals surface area contributed by atoms with Crippen LogP contribution in [0.5, 0.6) is 0 Å². The van der Waals surface area contributed by atoms with Crippen LogP contribution >= 0.6 is 23.1 Å². The first-order valence-electron chi connectivity index (χ1n) is 8.06. The van der Waals surface area contributed by atoms with Crippen LogP contribution in [0.25, 0.3) is 10.2 Å². The highest BCUT2D eigenvalue weighted by Crippen LogP contribution is 2.28. The lowest BCUT2D eigenvalue weighted by atomic mass is 10.3. The Bertz CT molecular complexity index is 845. The van der Waals surface area contributed by atoms with Crippen LogP contribution < -0.4 is 5.32 Å². The van der Waals surface area contributed by atoms with Gasteiger partial charge in [-0.1, -0.05) is 18.2 Å². The lowest BCUT2D eigenvalue weighted by Gasteiger charge is -2.22. The van der Waals surface area contributed by atoms with Crippen LogP contribution in [0.1, 0.15) is 18.0 Å². The van der Waals surface area contributed by atoms with E-state index in [0.717, 1.165) is 21.1 Å². The summed E-state index contributed by atoms with van der Waals surface area (Å²) in [5.41, 5.74) is 1.85. The zero-order chi connectivity index (χ0) is 17.8. The molecule has 6 heteroatoms. The Balaban J connectivity index is 1.63. The molecule has 0 unspecified atom stereocenters. The van der Waals surface area contributed by atoms with Crippen LogP contribution in [-0.2, 0) is 4.79 Å². The molecule has 130 valence electrons. The zero-order valence-electron chi connectivity index (χ0n) is 14.5. The second-order valence-electron chi connectivity index (χ2n) is 5.89. The average Bonchev–Trinajstić information content (AvgIpc) is 3.05. The Hall–Kier alpha value is -1.89. The van der Waals surface area contributed by atoms with Gasteiger partial charge in [-0.25, -0.2) is 4.98 Å². The summed E-state index contributed by atoms with van der Waals surface area (Å²) in [5, 5.41) is 4.00. The highest BCUT2D eigenvalue weighted by Gasteiger charge is 2.18. The van der Waals surface area contributed by atoms with Crippen LogP contribution in [0.3, 0.4) is 0 Å². The van der Waals surface area contributed by atoms with Gasteiger partial charge in [-0.05, 0) is 50.6 Å². The number of aromatic nitrogens is 1. The summed E-state index contributed by atoms with van der Waals surface area (Å²) in [6.07, 6.45) is 2.02. The summed E-state index contributed by atoms with van der Waals surface area (Å²) in [6, 6.07) is 16.1. The topological polar surface area (TPSA) is 45.2 Å². The quantitative estimate of drug-likeness (QED) is 0.641. The van der Waals surface area contributed by atoms with E-state index in [1.807, 2.05) is 60.7 Å². The monoisotopic (exact) mass is 371 g/mol. The number of para-hydroxylation sites is 1. The SMILES string of the molecule is CSc1cccc(NC(=O)CN(C)[C@@H](C)c2nc3ccccc3s2)c1. The minimum atomic E-state index is -0.0197. The Kier molecular flexibility index (Phi) is 5.73. The number of rotatable bonds is 6. The Morgan fingerprint density at radius 2 is 2.08 bits per heavy atom. The zero-order valence-corrected chi connectivity index (χ0v) is 16.2. The number of anilines is 1. The van der Waals surface area contributed by atoms with Crippen molar-refractivity contribution in [2.45, 2.75) is 17.9 Å². The molecule has 25 heavy (non-hydrogen) atoms. The number of nitrogens with one attached hydrogen (secondary N) is 1. The van der Waals surface area contributed by atoms with Gasteiger partial charge in [0.1, 0.15) is 5.01 Å². The average molecular weight is 372 g/mol. The van der Waals surface area contributed by atoms with Crippen molar-refractivity contribution in [2.75, 3.05) is 25.2 Å². The van der Waals surface area contributed by atoms with Crippen molar-refractivity contribution in [1.29, 1.82) is 0 Å². The largest absolute Gasteiger partial charge is 0.325 e. The first kappa shape index (κ1) is 17.9. The molecule has 1 aromatic heterocycles. The van der Waals surface area contributed by atoms with Gasteiger partial charge in [0.15, 0.2) is 0 Å². The van der Waals surface area contributed by atoms with Crippen molar-refractivity contribution >= 4 is 44.9 Å². The first-order valence-corrected chi connectivity index (χ1v) is 10.1. The van der Waals surface area contributed by atoms with E-state index in [9.17, 15) is 4.79 Å². The fraction of sp³-hybridized carbons (Fsp3) is 0.263. The molecule has 1 N–H and O–H groups in total. The van der Waals surface area contributed by atoms with Gasteiger partial charge in [0.05, 0.1) is 22.8 Å². The van der Waals surface area contributed by atoms with Crippen LogP contribution in [-0.4, -0.2) is 35.6 Å². The van der Waals surface area contributed by atoms with E-state index in [1.165, 1.54) is 4.70 Å². The van der Waals surface area contributed by atoms with Gasteiger partial charge in [-0.2, -0.15) is 0 Å². The summed E-state index contributed by atoms with van der Waals surface area (Å²) in [7, 11) is 1.95. The highest BCUT2D eigenvalue weighted by atomic mass is 32.2. The normalized spacial score (nSPS) is 12.5. The molecule has 3 rings (SSSR count). The van der Waals surface area contributed by atoms with Gasteiger partial charge in [0.25, 0.3) is 0 Å². The van der Waals surface area contributed by atoms with Crippen LogP contribution in [0.4, 0.5) is 5.69 Å². The smallest absolute Gasteiger partial charge is 0.238 e. The number of nitrogens with zero attached hydrogens (tertiary/aromatic N) is 2. The third-order valence-electron chi connectivity index (χ3n) is 4.08. The summed E-state index contributed by atoms with van der Waals surface area (Å²) >= 11 is 3.34. The molecule has 3 aromatic rings. The van der Waals surface area contributed by atoms with E-state index in [2.05, 4.69) is 18.3 Å². The lowest BCUT2D eigenvalue weighted by molar-refractivity contribution is -0.117. The van der Waals surface area contributed by atoms with Gasteiger partial charge >= 0.3 is 0 Å². The summed E-state index contributed by atoms with van der Waals surface area (Å²) in [5.74, 6) is -0.0197. The molecule has 0 bridgehead atoms. The third kappa shape index (κ3) is 4.39. The first-order chi connectivity index (χ1) is 12.1. The molecule has 4 nitrogen and oxygen atoms in total. The van der Waals surface area contributed by atoms with Crippen molar-refractivity contribution in [3.05, 3.63) is 53.5 Å². The van der Waals surface area contributed by atoms with Crippen LogP contribution in [0, 0.1) is 0 Å². The van der Waals surface area contributed by atoms with Crippen molar-refractivity contribution < 1.29 is 4.79 Å². The number of likely N-dealkylation sites (N-methyl/N-ethyl adjacent to an activating group) is 1. The Labute approximate surface area is 156 Å². The van der Waals surface area contributed by atoms with Crippen molar-refractivity contribution in [3.8, 4) is 0 Å². The predicted molar refractivity (Wildman–Crippen MR) is 108 cm³/mol. The highest BCUT2D eigenvalue weighted by molar-refractivity contribution is 7.98. The van der Waals surface area contributed by atoms with Gasteiger partial charge in [0, 0.05) is 10.6 Å². The van der Waals surface area contributed by atoms with Crippen molar-refractivity contribution in [2.24, 2.45) is 0 Å². The maximum atomic E-state index is 12.4. The minimum Gasteiger partial charge on any atom is -0.325 e. The molecule has 0 saturated carbocycles. The number of carbonyl (C=O) groups is 1. The molecular weight excluding hydrogens is 350 g/mol. The lowest BCUT2D eigenvalue weighted by Crippen LogP contribution is -2.32. The molecule has 1 heterocycles. The van der Waals surface area contributed by atoms with Gasteiger partial charge in [-0.15, -0.1) is 23.1 Å². The number of amides is 1. The number of thiazole rings is 1. The maximum Gasteiger partial charge on any atom is 0.238 e. The van der Waals surface area contributed by atoms with Crippen LogP contribution in [0.15, 0.2) is 53.4 Å². The molecule has 0 saturated heterocycles. The summed E-state index contributed by atoms with van der Waals surface area (Å²) in [4.78, 5) is 20.2. The van der Waals surface area contributed by atoms with Crippen molar-refractivity contribution in [1.82, 2.24) is 9.88 Å². The molecular formula is C19H21N3OS2. The Morgan fingerprint density at radius 1 is 1.28 bits per heavy atom. The van der Waals surface area contributed by atoms with Gasteiger partial charge < -0.3 is 5.32 Å². The molecule has 0 spiro atoms. The molecule has 0 aliphatic carbocycles. The fourth-order valence-corrected chi connectivity index (χ4v) is 4.07. The number of hydrogen-bond donors (Lipinski definition) is 1. The summed E-state index contributed by atoms with van der Waals surface area (Å²) in [6.45, 7) is 2.40. The molecule has 0 aliphatic heterocycles. The van der Waals surface area contributed by atoms with E-state index in [1.54, 1.807) is 23.1 Å². The number of carbonyl (C=O) groups excluding carboxylic acids is 1. The van der Waals surface area contributed by atoms with E-state index in [4.69, 9.17) is 4.98 Å². The van der Waals surface area contributed by atoms with E-state index in [-0.39, 0.29) is 11.9 Å². The number of thioether (sulfide) groups is 1. The van der Waals surface area contributed by atoms with E-state index in [0.29, 0.717) is 6.54 Å². The fourth-order valence-electron chi connectivity index (χ4n) is 2.52. The second kappa shape index (κ2) is 7.99. The summed E-state index contributed by atoms with van der Waals surface area (Å²) < 4.78 is 1.18. The molecule has 0 radical (unpaired) electrons. The number of hydrogen-bond acceptors (Lipinski definition) is 5. The second-order valence-corrected chi connectivity index (χ2v) is 7.83. The molecule has 1 atom stereocenters. The standard InChI is InChI=1S/C19H21N3OS2/c1-13(19-21-16-9-4-5-10-17(16)25-19)22(2)12-18(23)20-14-7-6-8-15(11-14)24-3/h4-11,13H,12H2,1-3H3,(H,20,23)/t13-/m0/s1. The molecule has 0 aliphatic rings. The van der Waals surface area contributed by atoms with E-state index >= 15 is 0 Å². The number of fused-ring (bicyclic) bond motifs is 1. The van der Waals surface area contributed by atoms with Gasteiger partial charge in [-0.3, -0.25) is 9.69 Å². The van der Waals surface area contributed by atoms with Gasteiger partial charge in [0.2, 0.25) is 5.91 Å². The Morgan fingerprint density at radius 3 is 2.84 bits per heavy atom. The third-order valence-corrected chi connectivity index (χ3v) is 6.01. The molecule has 0 fully saturated rings. The van der Waals surface area contributed by atoms with E-state index < -0.39 is 0 Å². The molecule has 1 amide bonds.